The molecule has 87 heavy (non-hydrogen) atoms. The van der Waals surface area contributed by atoms with Crippen molar-refractivity contribution in [3.63, 3.8) is 0 Å². The molecule has 2 aromatic heterocycles. The average molecular weight is 1110 g/mol. The molecule has 5 nitrogen and oxygen atoms in total. The van der Waals surface area contributed by atoms with Gasteiger partial charge in [-0.15, -0.1) is 0 Å². The monoisotopic (exact) mass is 1110 g/mol. The van der Waals surface area contributed by atoms with E-state index >= 15 is 0 Å². The highest BCUT2D eigenvalue weighted by Crippen LogP contribution is 2.64. The molecule has 13 aromatic carbocycles. The summed E-state index contributed by atoms with van der Waals surface area (Å²) < 4.78 is 4.56. The van der Waals surface area contributed by atoms with Gasteiger partial charge in [0.2, 0.25) is 5.96 Å². The van der Waals surface area contributed by atoms with Gasteiger partial charge in [0.15, 0.2) is 0 Å². The fourth-order valence-electron chi connectivity index (χ4n) is 14.9. The van der Waals surface area contributed by atoms with Crippen LogP contribution in [0.15, 0.2) is 309 Å². The summed E-state index contributed by atoms with van der Waals surface area (Å²) in [7, 11) is 0. The smallest absolute Gasteiger partial charge is 0.200 e. The van der Waals surface area contributed by atoms with Gasteiger partial charge in [-0.2, -0.15) is 0 Å². The molecule has 17 rings (SSSR count). The summed E-state index contributed by atoms with van der Waals surface area (Å²) in [6.07, 6.45) is 0. The summed E-state index contributed by atoms with van der Waals surface area (Å²) in [6, 6.07) is 111. The maximum Gasteiger partial charge on any atom is 0.200 e. The van der Waals surface area contributed by atoms with Crippen molar-refractivity contribution in [2.45, 2.75) is 17.5 Å². The molecule has 1 spiro atoms. The Kier molecular flexibility index (Phi) is 11.6. The third kappa shape index (κ3) is 7.80. The van der Waals surface area contributed by atoms with E-state index in [2.05, 4.69) is 318 Å². The lowest BCUT2D eigenvalue weighted by molar-refractivity contribution is 0.519. The fraction of sp³-hybridized carbons (Fsp3) is 0.0366. The van der Waals surface area contributed by atoms with Crippen molar-refractivity contribution >= 4 is 49.6 Å². The Morgan fingerprint density at radius 3 is 1.46 bits per heavy atom. The van der Waals surface area contributed by atoms with Gasteiger partial charge in [0.05, 0.1) is 39.6 Å². The lowest BCUT2D eigenvalue weighted by Crippen LogP contribution is -2.38. The predicted octanol–water partition coefficient (Wildman–Crippen LogP) is 19.7. The maximum absolute atomic E-state index is 10.8. The van der Waals surface area contributed by atoms with Crippen LogP contribution in [0.25, 0.3) is 116 Å². The van der Waals surface area contributed by atoms with Crippen LogP contribution in [-0.2, 0) is 5.41 Å². The number of para-hydroxylation sites is 2. The van der Waals surface area contributed by atoms with E-state index in [1.54, 1.807) is 0 Å². The first-order valence-electron chi connectivity index (χ1n) is 30.0. The maximum atomic E-state index is 10.8. The molecule has 2 aliphatic rings. The van der Waals surface area contributed by atoms with Crippen LogP contribution < -0.4 is 11.1 Å². The minimum atomic E-state index is -0.577. The molecule has 2 aliphatic carbocycles. The molecule has 4 N–H and O–H groups in total. The van der Waals surface area contributed by atoms with Crippen molar-refractivity contribution in [1.29, 1.82) is 5.41 Å². The Balaban J connectivity index is 0.846. The number of rotatable bonds is 9. The number of hydrogen-bond acceptors (Lipinski definition) is 2. The number of benzene rings is 13. The highest BCUT2D eigenvalue weighted by molar-refractivity contribution is 6.20. The second-order valence-electron chi connectivity index (χ2n) is 23.3. The standard InChI is InChI=1S/C82H57N5/c83-78(58-29-21-28-55(46-58)61-48-59(52-22-5-1-6-23-52)47-60(49-61)53-24-7-2-8-25-53)79(54-26-9-3-10-27-54)85-81(84)87-76-45-41-57(56-40-44-75-68(50-56)65-34-16-20-39-74(65)86(75)62-30-11-4-12-31-62)51-69(76)66-42-43-73-77(80(66)87)67-35-15-19-38-72(67)82(73)70-36-17-13-32-63(70)64-33-14-18-37-71(64)82/h1-51,78-79H,83H2,(H2,84,85). The predicted molar refractivity (Wildman–Crippen MR) is 361 cm³/mol. The van der Waals surface area contributed by atoms with Crippen LogP contribution in [-0.4, -0.2) is 15.1 Å². The van der Waals surface area contributed by atoms with Gasteiger partial charge in [0, 0.05) is 32.8 Å². The molecular formula is C82H57N5. The number of fused-ring (bicyclic) bond motifs is 17. The number of aromatic nitrogens is 2. The number of nitrogens with zero attached hydrogens (tertiary/aromatic N) is 2. The third-order valence-corrected chi connectivity index (χ3v) is 18.7. The SMILES string of the molecule is N=C(NC(c1ccccc1)C(N)c1cccc(-c2cc(-c3ccccc3)cc(-c3ccccc3)c2)c1)n1c2ccc(-c3ccc4c(c3)c3ccccc3n4-c3ccccc3)cc2c2ccc3c(c21)-c1ccccc1C31c2ccccc2-c2ccccc21. The van der Waals surface area contributed by atoms with Crippen molar-refractivity contribution < 1.29 is 0 Å². The molecule has 2 atom stereocenters. The molecule has 2 heterocycles. The Bertz CT molecular complexity index is 5130. The lowest BCUT2D eigenvalue weighted by atomic mass is 9.70. The Hall–Kier alpha value is -11.1. The second-order valence-corrected chi connectivity index (χ2v) is 23.3. The van der Waals surface area contributed by atoms with Crippen LogP contribution in [0.1, 0.15) is 45.5 Å². The molecular weight excluding hydrogens is 1050 g/mol. The number of nitrogens with one attached hydrogen (secondary N) is 2. The van der Waals surface area contributed by atoms with Crippen LogP contribution in [0.2, 0.25) is 0 Å². The minimum Gasteiger partial charge on any atom is -0.347 e. The zero-order valence-electron chi connectivity index (χ0n) is 47.6. The van der Waals surface area contributed by atoms with E-state index in [0.29, 0.717) is 0 Å². The minimum absolute atomic E-state index is 0.237. The third-order valence-electron chi connectivity index (χ3n) is 18.7. The summed E-state index contributed by atoms with van der Waals surface area (Å²) in [5.74, 6) is 0.237. The quantitative estimate of drug-likeness (QED) is 0.0995. The van der Waals surface area contributed by atoms with Crippen molar-refractivity contribution in [1.82, 2.24) is 14.5 Å². The summed E-state index contributed by atoms with van der Waals surface area (Å²) in [6.45, 7) is 0. The molecule has 15 aromatic rings. The van der Waals surface area contributed by atoms with Crippen molar-refractivity contribution in [2.24, 2.45) is 5.73 Å². The van der Waals surface area contributed by atoms with E-state index in [1.807, 2.05) is 6.07 Å². The van der Waals surface area contributed by atoms with Gasteiger partial charge in [0.25, 0.3) is 0 Å². The lowest BCUT2D eigenvalue weighted by Gasteiger charge is -2.30. The van der Waals surface area contributed by atoms with E-state index in [-0.39, 0.29) is 5.96 Å². The van der Waals surface area contributed by atoms with Gasteiger partial charge < -0.3 is 15.6 Å². The van der Waals surface area contributed by atoms with Crippen molar-refractivity contribution in [3.8, 4) is 72.4 Å². The van der Waals surface area contributed by atoms with Gasteiger partial charge in [-0.1, -0.05) is 243 Å². The molecule has 0 amide bonds. The summed E-state index contributed by atoms with van der Waals surface area (Å²) in [5, 5.41) is 19.2. The van der Waals surface area contributed by atoms with E-state index in [1.165, 1.54) is 55.2 Å². The summed E-state index contributed by atoms with van der Waals surface area (Å²) in [5.41, 5.74) is 33.3. The van der Waals surface area contributed by atoms with Crippen LogP contribution in [0, 0.1) is 5.41 Å². The van der Waals surface area contributed by atoms with Crippen molar-refractivity contribution in [3.05, 3.63) is 343 Å². The van der Waals surface area contributed by atoms with E-state index in [4.69, 9.17) is 5.73 Å². The summed E-state index contributed by atoms with van der Waals surface area (Å²) >= 11 is 0. The average Bonchev–Trinajstić information content (AvgIpc) is 1.51. The molecule has 0 saturated carbocycles. The van der Waals surface area contributed by atoms with E-state index in [9.17, 15) is 5.41 Å². The van der Waals surface area contributed by atoms with Gasteiger partial charge in [-0.25, -0.2) is 0 Å². The molecule has 0 radical (unpaired) electrons. The van der Waals surface area contributed by atoms with Gasteiger partial charge in [0.1, 0.15) is 0 Å². The van der Waals surface area contributed by atoms with E-state index in [0.717, 1.165) is 94.2 Å². The van der Waals surface area contributed by atoms with Gasteiger partial charge >= 0.3 is 0 Å². The van der Waals surface area contributed by atoms with Gasteiger partial charge in [-0.05, 0) is 161 Å². The molecule has 0 aliphatic heterocycles. The first kappa shape index (κ1) is 50.4. The number of hydrogen-bond donors (Lipinski definition) is 3. The van der Waals surface area contributed by atoms with Crippen LogP contribution >= 0.6 is 0 Å². The van der Waals surface area contributed by atoms with Crippen LogP contribution in [0.4, 0.5) is 0 Å². The molecule has 0 bridgehead atoms. The van der Waals surface area contributed by atoms with Crippen LogP contribution in [0.5, 0.6) is 0 Å². The number of nitrogens with two attached hydrogens (primary N) is 1. The Morgan fingerprint density at radius 2 is 0.816 bits per heavy atom. The molecule has 5 heteroatoms. The molecule has 0 saturated heterocycles. The first-order valence-corrected chi connectivity index (χ1v) is 30.0. The summed E-state index contributed by atoms with van der Waals surface area (Å²) in [4.78, 5) is 0. The Labute approximate surface area is 505 Å². The second kappa shape index (κ2) is 20.0. The first-order chi connectivity index (χ1) is 43.0. The zero-order valence-corrected chi connectivity index (χ0v) is 47.6. The van der Waals surface area contributed by atoms with Gasteiger partial charge in [-0.3, -0.25) is 9.98 Å². The zero-order chi connectivity index (χ0) is 57.7. The molecule has 2 unspecified atom stereocenters. The normalized spacial score (nSPS) is 13.4. The Morgan fingerprint density at radius 1 is 0.345 bits per heavy atom. The van der Waals surface area contributed by atoms with Crippen molar-refractivity contribution in [2.75, 3.05) is 0 Å². The largest absolute Gasteiger partial charge is 0.347 e. The van der Waals surface area contributed by atoms with Crippen LogP contribution in [0.3, 0.4) is 0 Å². The van der Waals surface area contributed by atoms with E-state index < -0.39 is 17.5 Å². The molecule has 410 valence electrons. The highest BCUT2D eigenvalue weighted by Gasteiger charge is 2.52. The molecule has 0 fully saturated rings. The highest BCUT2D eigenvalue weighted by atomic mass is 15.2. The fourth-order valence-corrected chi connectivity index (χ4v) is 14.9. The topological polar surface area (TPSA) is 71.8 Å².